The molecule has 9 heteroatoms. The summed E-state index contributed by atoms with van der Waals surface area (Å²) in [5.41, 5.74) is -2.16. The van der Waals surface area contributed by atoms with Crippen LogP contribution in [0.25, 0.3) is 0 Å². The van der Waals surface area contributed by atoms with Gasteiger partial charge in [-0.25, -0.2) is 0 Å². The Morgan fingerprint density at radius 1 is 0.478 bits per heavy atom. The molecule has 0 aromatic heterocycles. The van der Waals surface area contributed by atoms with Crippen molar-refractivity contribution in [3.63, 3.8) is 0 Å². The molecule has 0 saturated heterocycles. The molecule has 0 amide bonds. The largest absolute Gasteiger partial charge is 0.459 e. The van der Waals surface area contributed by atoms with Gasteiger partial charge in [-0.1, -0.05) is 34.6 Å². The maximum absolute atomic E-state index is 12.9. The Morgan fingerprint density at radius 3 is 1.18 bits per heavy atom. The van der Waals surface area contributed by atoms with E-state index in [4.69, 9.17) is 14.2 Å². The van der Waals surface area contributed by atoms with Crippen LogP contribution in [0.15, 0.2) is 0 Å². The van der Waals surface area contributed by atoms with Crippen molar-refractivity contribution in [1.29, 1.82) is 0 Å². The summed E-state index contributed by atoms with van der Waals surface area (Å²) in [6.07, 6.45) is 22.5. The summed E-state index contributed by atoms with van der Waals surface area (Å²) in [5.74, 6) is 10.4. The van der Waals surface area contributed by atoms with Crippen LogP contribution in [0.2, 0.25) is 0 Å². The van der Waals surface area contributed by atoms with Crippen molar-refractivity contribution in [3.8, 4) is 0 Å². The Balaban J connectivity index is 0.0000000998. The fourth-order valence-electron chi connectivity index (χ4n) is 22.5. The third-order valence-electron chi connectivity index (χ3n) is 25.5. The molecule has 0 aliphatic heterocycles. The van der Waals surface area contributed by atoms with Crippen LogP contribution < -0.4 is 0 Å². The number of hydrogen-bond donors (Lipinski definition) is 3. The second-order valence-corrected chi connectivity index (χ2v) is 28.6. The minimum Gasteiger partial charge on any atom is -0.459 e. The average molecular weight is 927 g/mol. The van der Waals surface area contributed by atoms with E-state index >= 15 is 0 Å². The van der Waals surface area contributed by atoms with Crippen LogP contribution in [-0.4, -0.2) is 66.8 Å². The van der Waals surface area contributed by atoms with Gasteiger partial charge in [0.05, 0.1) is 34.1 Å². The minimum atomic E-state index is -0.427. The third-order valence-corrected chi connectivity index (χ3v) is 25.5. The van der Waals surface area contributed by atoms with Gasteiger partial charge in [-0.15, -0.1) is 0 Å². The zero-order chi connectivity index (χ0) is 46.7. The van der Waals surface area contributed by atoms with Crippen molar-refractivity contribution in [2.45, 2.75) is 217 Å². The maximum Gasteiger partial charge on any atom is 0.312 e. The van der Waals surface area contributed by atoms with Gasteiger partial charge in [0, 0.05) is 23.7 Å². The summed E-state index contributed by atoms with van der Waals surface area (Å²) in [5, 5.41) is 33.6. The second kappa shape index (κ2) is 14.5. The molecule has 10 atom stereocenters. The smallest absolute Gasteiger partial charge is 0.312 e. The summed E-state index contributed by atoms with van der Waals surface area (Å²) >= 11 is 0. The molecule has 21 aliphatic carbocycles. The molecular weight excluding hydrogens is 841 g/mol. The number of ether oxygens (including phenoxy) is 3. The van der Waals surface area contributed by atoms with Crippen LogP contribution in [-0.2, 0) is 28.6 Å². The zero-order valence-corrected chi connectivity index (χ0v) is 42.2. The molecule has 372 valence electrons. The molecular formula is C58H86O9. The number of rotatable bonds is 9. The van der Waals surface area contributed by atoms with Gasteiger partial charge in [-0.2, -0.15) is 0 Å². The standard InChI is InChI=1S/C20H30O3.2C19H28O3/c1-4-18(2,3)17(21)23-20-10-12-5-13-15(20)7-11-8-16(20)14(6-12)19(13,22)9-11;1-3-10(2)17(20)22-19-9-12-4-13-15(19)6-11-7-16(19)14(5-12)18(13,21)8-11;1-3-10(2)17(20)22-19-7-14-11-4-18(21)5-12(14)16(9-19)13(6-18)15(11)8-19/h11-16,22H,4-10H2,1-3H3;2*10-16,21H,3-9H2,1-2H3. The first-order valence-electron chi connectivity index (χ1n) is 28.6. The van der Waals surface area contributed by atoms with Crippen molar-refractivity contribution < 1.29 is 43.9 Å². The summed E-state index contributed by atoms with van der Waals surface area (Å²) < 4.78 is 18.9. The number of aliphatic hydroxyl groups is 3. The van der Waals surface area contributed by atoms with E-state index in [1.54, 1.807) is 0 Å². The van der Waals surface area contributed by atoms with Crippen LogP contribution in [0, 0.1) is 124 Å². The number of carbonyl (C=O) groups is 3. The molecule has 21 rings (SSSR count). The van der Waals surface area contributed by atoms with Gasteiger partial charge in [0.15, 0.2) is 0 Å². The van der Waals surface area contributed by atoms with Crippen LogP contribution in [0.5, 0.6) is 0 Å². The fraction of sp³-hybridized carbons (Fsp3) is 0.948. The van der Waals surface area contributed by atoms with Gasteiger partial charge in [0.2, 0.25) is 0 Å². The Morgan fingerprint density at radius 2 is 0.806 bits per heavy atom. The fourth-order valence-corrected chi connectivity index (χ4v) is 22.5. The molecule has 0 aromatic carbocycles. The first kappa shape index (κ1) is 45.2. The number of carbonyl (C=O) groups excluding carboxylic acids is 3. The average Bonchev–Trinajstić information content (AvgIpc) is 3.30. The van der Waals surface area contributed by atoms with E-state index in [1.165, 1.54) is 51.4 Å². The highest BCUT2D eigenvalue weighted by Gasteiger charge is 2.79. The van der Waals surface area contributed by atoms with Crippen LogP contribution >= 0.6 is 0 Å². The Kier molecular flexibility index (Phi) is 9.77. The first-order valence-corrected chi connectivity index (χ1v) is 28.6. The lowest BCUT2D eigenvalue weighted by Gasteiger charge is -2.75. The highest BCUT2D eigenvalue weighted by atomic mass is 16.6. The topological polar surface area (TPSA) is 140 Å². The first-order chi connectivity index (χ1) is 31.7. The van der Waals surface area contributed by atoms with Crippen LogP contribution in [0.3, 0.4) is 0 Å². The predicted molar refractivity (Wildman–Crippen MR) is 250 cm³/mol. The van der Waals surface area contributed by atoms with E-state index in [0.29, 0.717) is 71.0 Å². The van der Waals surface area contributed by atoms with E-state index < -0.39 is 16.6 Å². The summed E-state index contributed by atoms with van der Waals surface area (Å²) in [6.45, 7) is 14.2. The summed E-state index contributed by atoms with van der Waals surface area (Å²) in [4.78, 5) is 37.9. The molecule has 24 bridgehead atoms. The van der Waals surface area contributed by atoms with Crippen molar-refractivity contribution in [3.05, 3.63) is 0 Å². The van der Waals surface area contributed by atoms with Gasteiger partial charge >= 0.3 is 17.9 Å². The molecule has 0 aromatic rings. The molecule has 0 heterocycles. The monoisotopic (exact) mass is 927 g/mol. The molecule has 21 aliphatic rings. The van der Waals surface area contributed by atoms with E-state index in [-0.39, 0.29) is 52.1 Å². The molecule has 3 N–H and O–H groups in total. The van der Waals surface area contributed by atoms with Crippen LogP contribution in [0.4, 0.5) is 0 Å². The maximum atomic E-state index is 12.9. The third kappa shape index (κ3) is 5.98. The summed E-state index contributed by atoms with van der Waals surface area (Å²) in [7, 11) is 0. The van der Waals surface area contributed by atoms with E-state index in [9.17, 15) is 29.7 Å². The molecule has 67 heavy (non-hydrogen) atoms. The zero-order valence-electron chi connectivity index (χ0n) is 42.2. The quantitative estimate of drug-likeness (QED) is 0.152. The number of hydrogen-bond acceptors (Lipinski definition) is 9. The van der Waals surface area contributed by atoms with Gasteiger partial charge in [-0.05, 0) is 232 Å². The Bertz CT molecular complexity index is 1960. The minimum absolute atomic E-state index is 0.000451. The number of esters is 3. The molecule has 21 saturated carbocycles. The van der Waals surface area contributed by atoms with Gasteiger partial charge in [-0.3, -0.25) is 14.4 Å². The second-order valence-electron chi connectivity index (χ2n) is 28.6. The van der Waals surface area contributed by atoms with E-state index in [0.717, 1.165) is 119 Å². The summed E-state index contributed by atoms with van der Waals surface area (Å²) in [6, 6.07) is 0. The van der Waals surface area contributed by atoms with Crippen molar-refractivity contribution in [1.82, 2.24) is 0 Å². The predicted octanol–water partition coefficient (Wildman–Crippen LogP) is 9.84. The normalized spacial score (nSPS) is 57.2. The van der Waals surface area contributed by atoms with Crippen LogP contribution in [0.1, 0.15) is 183 Å². The molecule has 21 fully saturated rings. The lowest BCUT2D eigenvalue weighted by molar-refractivity contribution is -0.345. The van der Waals surface area contributed by atoms with E-state index in [2.05, 4.69) is 20.8 Å². The highest BCUT2D eigenvalue weighted by Crippen LogP contribution is 2.77. The van der Waals surface area contributed by atoms with Gasteiger partial charge in [0.1, 0.15) is 16.8 Å². The van der Waals surface area contributed by atoms with E-state index in [1.807, 2.05) is 27.7 Å². The van der Waals surface area contributed by atoms with Crippen molar-refractivity contribution in [2.24, 2.45) is 124 Å². The molecule has 10 unspecified atom stereocenters. The molecule has 0 radical (unpaired) electrons. The Hall–Kier alpha value is -1.71. The lowest BCUT2D eigenvalue weighted by Crippen LogP contribution is -2.78. The highest BCUT2D eigenvalue weighted by molar-refractivity contribution is 5.76. The Labute approximate surface area is 401 Å². The molecule has 0 spiro atoms. The molecule has 9 nitrogen and oxygen atoms in total. The SMILES string of the molecule is CCC(C)(C)C(=O)OC12CC3CC4C1CC1CC2C(C3)C4(O)C1.CCC(C)C(=O)OC12CC3C4CC5(O)CC3C(C1)C(C5)C4C2.CCC(C)C(=O)OC12CC3CC4C1CC1CC2C(C3)C4(O)C1. The van der Waals surface area contributed by atoms with Crippen molar-refractivity contribution in [2.75, 3.05) is 0 Å². The lowest BCUT2D eigenvalue weighted by atomic mass is 9.32. The van der Waals surface area contributed by atoms with Gasteiger partial charge in [0.25, 0.3) is 0 Å². The van der Waals surface area contributed by atoms with Gasteiger partial charge < -0.3 is 29.5 Å². The van der Waals surface area contributed by atoms with Crippen molar-refractivity contribution >= 4 is 17.9 Å².